The fourth-order valence-electron chi connectivity index (χ4n) is 2.07. The van der Waals surface area contributed by atoms with Crippen LogP contribution < -0.4 is 0 Å². The molecule has 1 N–H and O–H groups in total. The van der Waals surface area contributed by atoms with E-state index >= 15 is 0 Å². The summed E-state index contributed by atoms with van der Waals surface area (Å²) in [5.74, 6) is 1.86. The molecular weight excluding hydrogens is 328 g/mol. The van der Waals surface area contributed by atoms with Crippen LogP contribution in [0.4, 0.5) is 0 Å². The first-order valence-electron chi connectivity index (χ1n) is 6.79. The molecular formula is C16H15BrN4. The molecule has 0 amide bonds. The number of aromatic nitrogens is 4. The van der Waals surface area contributed by atoms with Gasteiger partial charge in [0.25, 0.3) is 0 Å². The minimum atomic E-state index is 0.522. The van der Waals surface area contributed by atoms with Gasteiger partial charge in [-0.1, -0.05) is 38.1 Å². The van der Waals surface area contributed by atoms with E-state index in [0.717, 1.165) is 21.6 Å². The third-order valence-electron chi connectivity index (χ3n) is 3.31. The average molecular weight is 343 g/mol. The molecule has 3 rings (SSSR count). The second-order valence-corrected chi connectivity index (χ2v) is 5.97. The summed E-state index contributed by atoms with van der Waals surface area (Å²) >= 11 is 3.47. The smallest absolute Gasteiger partial charge is 0.201 e. The van der Waals surface area contributed by atoms with Gasteiger partial charge in [-0.25, -0.2) is 4.98 Å². The van der Waals surface area contributed by atoms with Gasteiger partial charge in [-0.2, -0.15) is 5.10 Å². The highest BCUT2D eigenvalue weighted by Gasteiger charge is 2.11. The van der Waals surface area contributed by atoms with E-state index in [4.69, 9.17) is 0 Å². The van der Waals surface area contributed by atoms with Crippen LogP contribution in [-0.2, 0) is 0 Å². The highest BCUT2D eigenvalue weighted by molar-refractivity contribution is 9.10. The second kappa shape index (κ2) is 5.77. The van der Waals surface area contributed by atoms with Crippen LogP contribution in [0.1, 0.15) is 25.3 Å². The lowest BCUT2D eigenvalue weighted by atomic mass is 10.0. The lowest BCUT2D eigenvalue weighted by molar-refractivity contribution is 0.867. The summed E-state index contributed by atoms with van der Waals surface area (Å²) in [5.41, 5.74) is 3.06. The number of pyridine rings is 1. The van der Waals surface area contributed by atoms with Gasteiger partial charge in [0.1, 0.15) is 5.69 Å². The first kappa shape index (κ1) is 13.9. The van der Waals surface area contributed by atoms with Crippen molar-refractivity contribution in [2.45, 2.75) is 19.8 Å². The SMILES string of the molecule is CC(C)c1ccc(-c2nc(-c3ncccc3Br)n[nH]2)cc1. The van der Waals surface area contributed by atoms with Gasteiger partial charge < -0.3 is 0 Å². The maximum Gasteiger partial charge on any atom is 0.201 e. The van der Waals surface area contributed by atoms with E-state index in [0.29, 0.717) is 11.7 Å². The van der Waals surface area contributed by atoms with Gasteiger partial charge in [-0.15, -0.1) is 0 Å². The van der Waals surface area contributed by atoms with Crippen LogP contribution in [0.2, 0.25) is 0 Å². The highest BCUT2D eigenvalue weighted by atomic mass is 79.9. The molecule has 0 bridgehead atoms. The molecule has 3 aromatic rings. The molecule has 2 aromatic heterocycles. The van der Waals surface area contributed by atoms with Gasteiger partial charge in [-0.05, 0) is 39.5 Å². The summed E-state index contributed by atoms with van der Waals surface area (Å²) < 4.78 is 0.880. The van der Waals surface area contributed by atoms with Crippen LogP contribution in [0.3, 0.4) is 0 Å². The molecule has 0 spiro atoms. The largest absolute Gasteiger partial charge is 0.259 e. The number of hydrogen-bond donors (Lipinski definition) is 1. The van der Waals surface area contributed by atoms with E-state index in [1.54, 1.807) is 6.20 Å². The molecule has 5 heteroatoms. The molecule has 0 saturated heterocycles. The Labute approximate surface area is 131 Å². The quantitative estimate of drug-likeness (QED) is 0.766. The lowest BCUT2D eigenvalue weighted by Gasteiger charge is -2.05. The molecule has 0 fully saturated rings. The fraction of sp³-hybridized carbons (Fsp3) is 0.188. The number of benzene rings is 1. The Balaban J connectivity index is 1.93. The second-order valence-electron chi connectivity index (χ2n) is 5.12. The number of rotatable bonds is 3. The van der Waals surface area contributed by atoms with Crippen molar-refractivity contribution >= 4 is 15.9 Å². The Bertz CT molecular complexity index is 747. The van der Waals surface area contributed by atoms with Gasteiger partial charge in [0.2, 0.25) is 5.82 Å². The average Bonchev–Trinajstić information content (AvgIpc) is 2.97. The number of nitrogens with one attached hydrogen (secondary N) is 1. The third kappa shape index (κ3) is 2.88. The number of halogens is 1. The Hall–Kier alpha value is -2.01. The zero-order valence-electron chi connectivity index (χ0n) is 11.8. The van der Waals surface area contributed by atoms with Crippen molar-refractivity contribution < 1.29 is 0 Å². The van der Waals surface area contributed by atoms with E-state index in [2.05, 4.69) is 74.2 Å². The van der Waals surface area contributed by atoms with E-state index < -0.39 is 0 Å². The van der Waals surface area contributed by atoms with Gasteiger partial charge in [-0.3, -0.25) is 10.1 Å². The summed E-state index contributed by atoms with van der Waals surface area (Å²) in [5, 5.41) is 7.23. The van der Waals surface area contributed by atoms with E-state index in [1.807, 2.05) is 12.1 Å². The Morgan fingerprint density at radius 3 is 2.52 bits per heavy atom. The van der Waals surface area contributed by atoms with Crippen LogP contribution in [0.5, 0.6) is 0 Å². The zero-order valence-corrected chi connectivity index (χ0v) is 13.4. The van der Waals surface area contributed by atoms with Gasteiger partial charge >= 0.3 is 0 Å². The Morgan fingerprint density at radius 1 is 1.10 bits per heavy atom. The van der Waals surface area contributed by atoms with Crippen molar-refractivity contribution in [1.29, 1.82) is 0 Å². The summed E-state index contributed by atoms with van der Waals surface area (Å²) in [7, 11) is 0. The normalized spacial score (nSPS) is 11.0. The van der Waals surface area contributed by atoms with Crippen molar-refractivity contribution in [2.24, 2.45) is 0 Å². The molecule has 2 heterocycles. The summed E-state index contributed by atoms with van der Waals surface area (Å²) in [4.78, 5) is 8.83. The Kier molecular flexibility index (Phi) is 3.84. The summed E-state index contributed by atoms with van der Waals surface area (Å²) in [6, 6.07) is 12.2. The molecule has 0 aliphatic rings. The molecule has 21 heavy (non-hydrogen) atoms. The molecule has 4 nitrogen and oxygen atoms in total. The van der Waals surface area contributed by atoms with Gasteiger partial charge in [0, 0.05) is 16.2 Å². The van der Waals surface area contributed by atoms with Crippen molar-refractivity contribution in [3.05, 3.63) is 52.6 Å². The van der Waals surface area contributed by atoms with Crippen LogP contribution in [0, 0.1) is 0 Å². The Morgan fingerprint density at radius 2 is 1.86 bits per heavy atom. The first-order valence-corrected chi connectivity index (χ1v) is 7.58. The lowest BCUT2D eigenvalue weighted by Crippen LogP contribution is -1.88. The van der Waals surface area contributed by atoms with Gasteiger partial charge in [0.15, 0.2) is 5.82 Å². The maximum absolute atomic E-state index is 4.53. The topological polar surface area (TPSA) is 54.5 Å². The fourth-order valence-corrected chi connectivity index (χ4v) is 2.51. The van der Waals surface area contributed by atoms with E-state index in [1.165, 1.54) is 5.56 Å². The van der Waals surface area contributed by atoms with Crippen molar-refractivity contribution in [3.8, 4) is 22.9 Å². The predicted octanol–water partition coefficient (Wildman–Crippen LogP) is 4.42. The number of H-pyrrole nitrogens is 1. The molecule has 0 atom stereocenters. The molecule has 106 valence electrons. The van der Waals surface area contributed by atoms with Crippen LogP contribution in [-0.4, -0.2) is 20.2 Å². The van der Waals surface area contributed by atoms with Crippen molar-refractivity contribution in [2.75, 3.05) is 0 Å². The predicted molar refractivity (Wildman–Crippen MR) is 86.8 cm³/mol. The van der Waals surface area contributed by atoms with E-state index in [9.17, 15) is 0 Å². The number of nitrogens with zero attached hydrogens (tertiary/aromatic N) is 3. The molecule has 0 saturated carbocycles. The maximum atomic E-state index is 4.53. The summed E-state index contributed by atoms with van der Waals surface area (Å²) in [6.45, 7) is 4.36. The van der Waals surface area contributed by atoms with Crippen LogP contribution in [0.25, 0.3) is 22.9 Å². The van der Waals surface area contributed by atoms with E-state index in [-0.39, 0.29) is 0 Å². The minimum Gasteiger partial charge on any atom is -0.259 e. The molecule has 1 aromatic carbocycles. The third-order valence-corrected chi connectivity index (χ3v) is 3.95. The number of aromatic amines is 1. The number of hydrogen-bond acceptors (Lipinski definition) is 3. The van der Waals surface area contributed by atoms with Crippen LogP contribution in [0.15, 0.2) is 47.1 Å². The summed E-state index contributed by atoms with van der Waals surface area (Å²) in [6.07, 6.45) is 1.73. The highest BCUT2D eigenvalue weighted by Crippen LogP contribution is 2.25. The molecule has 0 radical (unpaired) electrons. The first-order chi connectivity index (χ1) is 10.1. The zero-order chi connectivity index (χ0) is 14.8. The van der Waals surface area contributed by atoms with Crippen molar-refractivity contribution in [1.82, 2.24) is 20.2 Å². The van der Waals surface area contributed by atoms with Crippen molar-refractivity contribution in [3.63, 3.8) is 0 Å². The monoisotopic (exact) mass is 342 g/mol. The van der Waals surface area contributed by atoms with Crippen LogP contribution >= 0.6 is 15.9 Å². The van der Waals surface area contributed by atoms with Gasteiger partial charge in [0.05, 0.1) is 0 Å². The minimum absolute atomic E-state index is 0.522. The molecule has 0 aliphatic heterocycles. The molecule has 0 aliphatic carbocycles. The standard InChI is InChI=1S/C16H15BrN4/c1-10(2)11-5-7-12(8-6-11)15-19-16(21-20-15)14-13(17)4-3-9-18-14/h3-10H,1-2H3,(H,19,20,21). The molecule has 0 unspecified atom stereocenters.